The summed E-state index contributed by atoms with van der Waals surface area (Å²) in [6.45, 7) is 1.49. The Balaban J connectivity index is 1.96. The average molecular weight is 348 g/mol. The minimum atomic E-state index is -0.378. The lowest BCUT2D eigenvalue weighted by molar-refractivity contribution is 0.0216. The number of hydrogen-bond donors (Lipinski definition) is 0. The van der Waals surface area contributed by atoms with Crippen LogP contribution in [0.25, 0.3) is 21.5 Å². The van der Waals surface area contributed by atoms with E-state index in [4.69, 9.17) is 20.6 Å². The molecular formula is C22H20O4. The first kappa shape index (κ1) is 17.9. The molecule has 0 heterocycles. The van der Waals surface area contributed by atoms with Gasteiger partial charge in [-0.05, 0) is 21.5 Å². The van der Waals surface area contributed by atoms with Crippen LogP contribution in [0, 0.1) is 12.3 Å². The minimum Gasteiger partial charge on any atom is -0.460 e. The van der Waals surface area contributed by atoms with E-state index in [0.717, 1.165) is 27.1 Å². The van der Waals surface area contributed by atoms with E-state index in [1.54, 1.807) is 7.11 Å². The van der Waals surface area contributed by atoms with E-state index < -0.39 is 0 Å². The van der Waals surface area contributed by atoms with Crippen molar-refractivity contribution < 1.29 is 19.0 Å². The van der Waals surface area contributed by atoms with E-state index in [0.29, 0.717) is 25.4 Å². The van der Waals surface area contributed by atoms with Crippen molar-refractivity contribution in [2.24, 2.45) is 0 Å². The zero-order chi connectivity index (χ0) is 18.4. The van der Waals surface area contributed by atoms with Gasteiger partial charge in [0.2, 0.25) is 0 Å². The van der Waals surface area contributed by atoms with Crippen LogP contribution in [-0.4, -0.2) is 39.5 Å². The van der Waals surface area contributed by atoms with Crippen molar-refractivity contribution in [2.75, 3.05) is 33.5 Å². The van der Waals surface area contributed by atoms with Gasteiger partial charge in [0, 0.05) is 12.7 Å². The minimum absolute atomic E-state index is 0.183. The van der Waals surface area contributed by atoms with E-state index in [-0.39, 0.29) is 12.6 Å². The lowest BCUT2D eigenvalue weighted by atomic mass is 9.92. The molecule has 0 fully saturated rings. The van der Waals surface area contributed by atoms with Gasteiger partial charge in [-0.25, -0.2) is 4.79 Å². The third kappa shape index (κ3) is 3.55. The van der Waals surface area contributed by atoms with Gasteiger partial charge in [0.1, 0.15) is 6.61 Å². The van der Waals surface area contributed by atoms with Gasteiger partial charge in [0.15, 0.2) is 0 Å². The Morgan fingerprint density at radius 1 is 0.885 bits per heavy atom. The first-order chi connectivity index (χ1) is 12.8. The maximum absolute atomic E-state index is 12.8. The topological polar surface area (TPSA) is 44.8 Å². The summed E-state index contributed by atoms with van der Waals surface area (Å²) in [4.78, 5) is 12.8. The Morgan fingerprint density at radius 2 is 1.42 bits per heavy atom. The zero-order valence-electron chi connectivity index (χ0n) is 14.7. The van der Waals surface area contributed by atoms with Gasteiger partial charge in [-0.15, -0.1) is 6.42 Å². The van der Waals surface area contributed by atoms with Gasteiger partial charge in [-0.2, -0.15) is 0 Å². The van der Waals surface area contributed by atoms with Crippen LogP contribution in [0.15, 0.2) is 48.5 Å². The molecule has 3 aromatic carbocycles. The maximum atomic E-state index is 12.8. The third-order valence-electron chi connectivity index (χ3n) is 4.17. The van der Waals surface area contributed by atoms with Crippen molar-refractivity contribution in [3.8, 4) is 12.3 Å². The van der Waals surface area contributed by atoms with E-state index in [1.807, 2.05) is 48.5 Å². The summed E-state index contributed by atoms with van der Waals surface area (Å²) in [5.74, 6) is 2.39. The second kappa shape index (κ2) is 8.48. The first-order valence-corrected chi connectivity index (χ1v) is 8.41. The summed E-state index contributed by atoms with van der Waals surface area (Å²) in [6, 6.07) is 15.3. The standard InChI is InChI=1S/C22H20O4/c1-3-16-17-8-4-6-10-19(17)21(20-11-7-5-9-18(16)20)22(23)26-15-14-25-13-12-24-2/h1,4-11H,12-15H2,2H3. The fourth-order valence-corrected chi connectivity index (χ4v) is 3.01. The largest absolute Gasteiger partial charge is 0.460 e. The third-order valence-corrected chi connectivity index (χ3v) is 4.17. The fourth-order valence-electron chi connectivity index (χ4n) is 3.01. The highest BCUT2D eigenvalue weighted by Crippen LogP contribution is 2.32. The quantitative estimate of drug-likeness (QED) is 0.282. The Morgan fingerprint density at radius 3 is 1.96 bits per heavy atom. The summed E-state index contributed by atoms with van der Waals surface area (Å²) < 4.78 is 15.7. The van der Waals surface area contributed by atoms with Crippen LogP contribution in [0.2, 0.25) is 0 Å². The normalized spacial score (nSPS) is 10.8. The molecule has 3 rings (SSSR count). The molecule has 3 aromatic rings. The number of benzene rings is 3. The highest BCUT2D eigenvalue weighted by atomic mass is 16.6. The highest BCUT2D eigenvalue weighted by molar-refractivity contribution is 6.19. The lowest BCUT2D eigenvalue weighted by Crippen LogP contribution is -2.13. The van der Waals surface area contributed by atoms with Crippen LogP contribution >= 0.6 is 0 Å². The number of methoxy groups -OCH3 is 1. The number of carbonyl (C=O) groups is 1. The van der Waals surface area contributed by atoms with Crippen LogP contribution in [0.5, 0.6) is 0 Å². The first-order valence-electron chi connectivity index (χ1n) is 8.41. The summed E-state index contributed by atoms with van der Waals surface area (Å²) in [5.41, 5.74) is 1.32. The second-order valence-corrected chi connectivity index (χ2v) is 5.73. The molecule has 0 radical (unpaired) electrons. The van der Waals surface area contributed by atoms with Crippen LogP contribution in [0.3, 0.4) is 0 Å². The van der Waals surface area contributed by atoms with Crippen LogP contribution < -0.4 is 0 Å². The maximum Gasteiger partial charge on any atom is 0.339 e. The molecule has 0 unspecified atom stereocenters. The summed E-state index contributed by atoms with van der Waals surface area (Å²) in [6.07, 6.45) is 5.75. The summed E-state index contributed by atoms with van der Waals surface area (Å²) >= 11 is 0. The van der Waals surface area contributed by atoms with E-state index in [9.17, 15) is 4.79 Å². The number of ether oxygens (including phenoxy) is 3. The van der Waals surface area contributed by atoms with Gasteiger partial charge >= 0.3 is 5.97 Å². The highest BCUT2D eigenvalue weighted by Gasteiger charge is 2.18. The van der Waals surface area contributed by atoms with Gasteiger partial charge in [0.05, 0.1) is 25.4 Å². The molecule has 0 N–H and O–H groups in total. The molecular weight excluding hydrogens is 328 g/mol. The molecule has 26 heavy (non-hydrogen) atoms. The Labute approximate surface area is 152 Å². The molecule has 0 bridgehead atoms. The molecule has 4 heteroatoms. The van der Waals surface area contributed by atoms with Crippen molar-refractivity contribution in [2.45, 2.75) is 0 Å². The van der Waals surface area contributed by atoms with Crippen LogP contribution in [0.1, 0.15) is 15.9 Å². The van der Waals surface area contributed by atoms with Crippen LogP contribution in [0.4, 0.5) is 0 Å². The summed E-state index contributed by atoms with van der Waals surface area (Å²) in [5, 5.41) is 3.34. The molecule has 0 saturated heterocycles. The van der Waals surface area contributed by atoms with Gasteiger partial charge in [-0.1, -0.05) is 54.5 Å². The number of hydrogen-bond acceptors (Lipinski definition) is 4. The van der Waals surface area contributed by atoms with Crippen LogP contribution in [-0.2, 0) is 14.2 Å². The molecule has 4 nitrogen and oxygen atoms in total. The molecule has 0 atom stereocenters. The van der Waals surface area contributed by atoms with Gasteiger partial charge in [0.25, 0.3) is 0 Å². The lowest BCUT2D eigenvalue weighted by Gasteiger charge is -2.13. The Kier molecular flexibility index (Phi) is 5.85. The smallest absolute Gasteiger partial charge is 0.339 e. The molecule has 0 spiro atoms. The van der Waals surface area contributed by atoms with Crippen molar-refractivity contribution in [1.29, 1.82) is 0 Å². The monoisotopic (exact) mass is 348 g/mol. The van der Waals surface area contributed by atoms with E-state index in [1.165, 1.54) is 0 Å². The number of rotatable bonds is 7. The predicted molar refractivity (Wildman–Crippen MR) is 102 cm³/mol. The number of esters is 1. The van der Waals surface area contributed by atoms with Gasteiger partial charge in [-0.3, -0.25) is 0 Å². The number of terminal acetylenes is 1. The predicted octanol–water partition coefficient (Wildman–Crippen LogP) is 3.79. The Bertz CT molecular complexity index is 912. The number of carbonyl (C=O) groups excluding carboxylic acids is 1. The summed E-state index contributed by atoms with van der Waals surface area (Å²) in [7, 11) is 1.61. The molecule has 0 aliphatic heterocycles. The zero-order valence-corrected chi connectivity index (χ0v) is 14.7. The fraction of sp³-hybridized carbons (Fsp3) is 0.227. The van der Waals surface area contributed by atoms with E-state index >= 15 is 0 Å². The SMILES string of the molecule is C#Cc1c2ccccc2c(C(=O)OCCOCCOC)c2ccccc12. The molecule has 0 amide bonds. The molecule has 0 saturated carbocycles. The van der Waals surface area contributed by atoms with Gasteiger partial charge < -0.3 is 14.2 Å². The van der Waals surface area contributed by atoms with E-state index in [2.05, 4.69) is 5.92 Å². The molecule has 0 aromatic heterocycles. The molecule has 0 aliphatic rings. The van der Waals surface area contributed by atoms with Crippen molar-refractivity contribution in [3.63, 3.8) is 0 Å². The van der Waals surface area contributed by atoms with Crippen molar-refractivity contribution in [3.05, 3.63) is 59.7 Å². The van der Waals surface area contributed by atoms with Crippen molar-refractivity contribution >= 4 is 27.5 Å². The molecule has 0 aliphatic carbocycles. The van der Waals surface area contributed by atoms with Crippen molar-refractivity contribution in [1.82, 2.24) is 0 Å². The Hall–Kier alpha value is -2.87. The molecule has 132 valence electrons. The second-order valence-electron chi connectivity index (χ2n) is 5.73. The average Bonchev–Trinajstić information content (AvgIpc) is 2.68. The number of fused-ring (bicyclic) bond motifs is 2.